The van der Waals surface area contributed by atoms with Gasteiger partial charge >= 0.3 is 0 Å². The second-order valence-electron chi connectivity index (χ2n) is 6.24. The number of hydrogen-bond donors (Lipinski definition) is 2. The molecule has 0 bridgehead atoms. The van der Waals surface area contributed by atoms with Crippen molar-refractivity contribution in [2.24, 2.45) is 0 Å². The van der Waals surface area contributed by atoms with Gasteiger partial charge in [0.2, 0.25) is 0 Å². The number of halogens is 2. The first-order valence-electron chi connectivity index (χ1n) is 8.11. The fourth-order valence-electron chi connectivity index (χ4n) is 3.17. The summed E-state index contributed by atoms with van der Waals surface area (Å²) in [5, 5.41) is 13.1. The van der Waals surface area contributed by atoms with Gasteiger partial charge in [0.25, 0.3) is 5.91 Å². The number of nitrogens with one attached hydrogen (secondary N) is 1. The first kappa shape index (κ1) is 17.7. The number of aromatic hydroxyl groups is 1. The molecule has 1 saturated heterocycles. The number of phenols is 1. The summed E-state index contributed by atoms with van der Waals surface area (Å²) in [7, 11) is 0. The zero-order chi connectivity index (χ0) is 17.9. The molecule has 2 aromatic rings. The number of benzene rings is 2. The smallest absolute Gasteiger partial charge is 0.255 e. The van der Waals surface area contributed by atoms with Crippen LogP contribution in [0.15, 0.2) is 42.5 Å². The van der Waals surface area contributed by atoms with E-state index >= 15 is 0 Å². The third-order valence-electron chi connectivity index (χ3n) is 4.70. The number of ether oxygens (including phenoxy) is 1. The molecule has 2 aromatic carbocycles. The molecule has 1 fully saturated rings. The van der Waals surface area contributed by atoms with Crippen LogP contribution in [0.3, 0.4) is 0 Å². The van der Waals surface area contributed by atoms with Crippen molar-refractivity contribution >= 4 is 17.5 Å². The molecule has 0 unspecified atom stereocenters. The minimum atomic E-state index is -0.395. The van der Waals surface area contributed by atoms with Crippen molar-refractivity contribution in [3.63, 3.8) is 0 Å². The zero-order valence-electron chi connectivity index (χ0n) is 13.6. The molecule has 6 heteroatoms. The van der Waals surface area contributed by atoms with Gasteiger partial charge in [-0.2, -0.15) is 0 Å². The van der Waals surface area contributed by atoms with Gasteiger partial charge in [-0.1, -0.05) is 23.7 Å². The Balaban J connectivity index is 1.80. The highest BCUT2D eigenvalue weighted by Gasteiger charge is 2.35. The minimum absolute atomic E-state index is 0.121. The van der Waals surface area contributed by atoms with Crippen LogP contribution in [0.2, 0.25) is 5.02 Å². The van der Waals surface area contributed by atoms with Gasteiger partial charge < -0.3 is 15.2 Å². The van der Waals surface area contributed by atoms with E-state index in [0.717, 1.165) is 18.4 Å². The Morgan fingerprint density at radius 2 is 1.88 bits per heavy atom. The summed E-state index contributed by atoms with van der Waals surface area (Å²) >= 11 is 5.90. The highest BCUT2D eigenvalue weighted by atomic mass is 35.5. The molecule has 2 N–H and O–H groups in total. The summed E-state index contributed by atoms with van der Waals surface area (Å²) in [6.07, 6.45) is 1.45. The lowest BCUT2D eigenvalue weighted by molar-refractivity contribution is 0.0486. The maximum absolute atomic E-state index is 13.3. The summed E-state index contributed by atoms with van der Waals surface area (Å²) in [5.74, 6) is -0.809. The molecule has 0 aromatic heterocycles. The van der Waals surface area contributed by atoms with Gasteiger partial charge in [0.15, 0.2) is 0 Å². The van der Waals surface area contributed by atoms with Gasteiger partial charge in [0, 0.05) is 30.2 Å². The van der Waals surface area contributed by atoms with E-state index < -0.39 is 5.91 Å². The summed E-state index contributed by atoms with van der Waals surface area (Å²) in [6, 6.07) is 10.7. The molecular formula is C19H19ClFNO3. The minimum Gasteiger partial charge on any atom is -0.507 e. The van der Waals surface area contributed by atoms with Crippen molar-refractivity contribution in [1.82, 2.24) is 5.32 Å². The summed E-state index contributed by atoms with van der Waals surface area (Å²) < 4.78 is 18.7. The predicted molar refractivity (Wildman–Crippen MR) is 93.6 cm³/mol. The van der Waals surface area contributed by atoms with Crippen LogP contribution in [0.5, 0.6) is 5.75 Å². The monoisotopic (exact) mass is 363 g/mol. The van der Waals surface area contributed by atoms with E-state index in [0.29, 0.717) is 24.8 Å². The lowest BCUT2D eigenvalue weighted by Gasteiger charge is -2.38. The SMILES string of the molecule is O=C(NCC1(c2ccc(F)cc2)CCOCC1)c1cc(Cl)ccc1O. The number of rotatable bonds is 4. The molecule has 0 spiro atoms. The quantitative estimate of drug-likeness (QED) is 0.871. The number of carbonyl (C=O) groups excluding carboxylic acids is 1. The van der Waals surface area contributed by atoms with Crippen molar-refractivity contribution in [2.45, 2.75) is 18.3 Å². The van der Waals surface area contributed by atoms with E-state index in [2.05, 4.69) is 5.32 Å². The first-order chi connectivity index (χ1) is 12.0. The van der Waals surface area contributed by atoms with Gasteiger partial charge in [-0.25, -0.2) is 4.39 Å². The third kappa shape index (κ3) is 3.94. The highest BCUT2D eigenvalue weighted by molar-refractivity contribution is 6.31. The van der Waals surface area contributed by atoms with Crippen LogP contribution in [-0.2, 0) is 10.2 Å². The normalized spacial score (nSPS) is 16.4. The second kappa shape index (κ2) is 7.42. The number of amides is 1. The Morgan fingerprint density at radius 3 is 2.56 bits per heavy atom. The van der Waals surface area contributed by atoms with E-state index in [1.54, 1.807) is 12.1 Å². The first-order valence-corrected chi connectivity index (χ1v) is 8.48. The number of carbonyl (C=O) groups is 1. The number of phenolic OH excluding ortho intramolecular Hbond substituents is 1. The van der Waals surface area contributed by atoms with E-state index in [4.69, 9.17) is 16.3 Å². The molecular weight excluding hydrogens is 345 g/mol. The zero-order valence-corrected chi connectivity index (χ0v) is 14.4. The molecule has 1 amide bonds. The van der Waals surface area contributed by atoms with Crippen molar-refractivity contribution in [2.75, 3.05) is 19.8 Å². The van der Waals surface area contributed by atoms with Crippen LogP contribution >= 0.6 is 11.6 Å². The van der Waals surface area contributed by atoms with Crippen LogP contribution < -0.4 is 5.32 Å². The summed E-state index contributed by atoms with van der Waals surface area (Å²) in [6.45, 7) is 1.53. The molecule has 4 nitrogen and oxygen atoms in total. The van der Waals surface area contributed by atoms with E-state index in [1.165, 1.54) is 30.3 Å². The van der Waals surface area contributed by atoms with Crippen LogP contribution in [0, 0.1) is 5.82 Å². The van der Waals surface area contributed by atoms with Crippen LogP contribution in [-0.4, -0.2) is 30.8 Å². The van der Waals surface area contributed by atoms with E-state index in [-0.39, 0.29) is 22.5 Å². The van der Waals surface area contributed by atoms with Crippen molar-refractivity contribution < 1.29 is 19.0 Å². The Kier molecular flexibility index (Phi) is 5.25. The summed E-state index contributed by atoms with van der Waals surface area (Å²) in [5.41, 5.74) is 0.775. The van der Waals surface area contributed by atoms with Gasteiger partial charge in [0.1, 0.15) is 11.6 Å². The molecule has 1 aliphatic heterocycles. The second-order valence-corrected chi connectivity index (χ2v) is 6.68. The lowest BCUT2D eigenvalue weighted by atomic mass is 9.74. The van der Waals surface area contributed by atoms with Crippen molar-refractivity contribution in [3.05, 3.63) is 64.4 Å². The fraction of sp³-hybridized carbons (Fsp3) is 0.316. The highest BCUT2D eigenvalue weighted by Crippen LogP contribution is 2.34. The predicted octanol–water partition coefficient (Wildman–Crippen LogP) is 3.66. The van der Waals surface area contributed by atoms with E-state index in [9.17, 15) is 14.3 Å². The van der Waals surface area contributed by atoms with Gasteiger partial charge in [-0.15, -0.1) is 0 Å². The standard InChI is InChI=1S/C19H19ClFNO3/c20-14-3-6-17(23)16(11-14)18(24)22-12-19(7-9-25-10-8-19)13-1-4-15(21)5-2-13/h1-6,11,23H,7-10,12H2,(H,22,24). The molecule has 1 aliphatic rings. The van der Waals surface area contributed by atoms with Gasteiger partial charge in [0.05, 0.1) is 5.56 Å². The molecule has 1 heterocycles. The maximum atomic E-state index is 13.3. The van der Waals surface area contributed by atoms with Crippen molar-refractivity contribution in [3.8, 4) is 5.75 Å². The molecule has 3 rings (SSSR count). The average molecular weight is 364 g/mol. The van der Waals surface area contributed by atoms with Crippen LogP contribution in [0.1, 0.15) is 28.8 Å². The van der Waals surface area contributed by atoms with Gasteiger partial charge in [-0.05, 0) is 48.7 Å². The Labute approximate surface area is 150 Å². The largest absolute Gasteiger partial charge is 0.507 e. The van der Waals surface area contributed by atoms with E-state index in [1.807, 2.05) is 0 Å². The molecule has 0 aliphatic carbocycles. The Hall–Kier alpha value is -2.11. The molecule has 0 saturated carbocycles. The van der Waals surface area contributed by atoms with Gasteiger partial charge in [-0.3, -0.25) is 4.79 Å². The summed E-state index contributed by atoms with van der Waals surface area (Å²) in [4.78, 5) is 12.5. The maximum Gasteiger partial charge on any atom is 0.255 e. The Bertz CT molecular complexity index is 758. The number of hydrogen-bond acceptors (Lipinski definition) is 3. The molecule has 25 heavy (non-hydrogen) atoms. The van der Waals surface area contributed by atoms with Crippen LogP contribution in [0.4, 0.5) is 4.39 Å². The average Bonchev–Trinajstić information content (AvgIpc) is 2.63. The lowest BCUT2D eigenvalue weighted by Crippen LogP contribution is -2.44. The fourth-order valence-corrected chi connectivity index (χ4v) is 3.34. The molecule has 0 atom stereocenters. The third-order valence-corrected chi connectivity index (χ3v) is 4.93. The molecule has 132 valence electrons. The van der Waals surface area contributed by atoms with Crippen molar-refractivity contribution in [1.29, 1.82) is 0 Å². The Morgan fingerprint density at radius 1 is 1.20 bits per heavy atom. The topological polar surface area (TPSA) is 58.6 Å². The van der Waals surface area contributed by atoms with Crippen LogP contribution in [0.25, 0.3) is 0 Å². The molecule has 0 radical (unpaired) electrons.